The van der Waals surface area contributed by atoms with E-state index in [-0.39, 0.29) is 0 Å². The molecule has 20 heavy (non-hydrogen) atoms. The molecule has 0 saturated carbocycles. The molecule has 0 radical (unpaired) electrons. The molecule has 0 spiro atoms. The van der Waals surface area contributed by atoms with Crippen molar-refractivity contribution >= 4 is 27.4 Å². The van der Waals surface area contributed by atoms with Crippen molar-refractivity contribution < 1.29 is 22.7 Å². The Morgan fingerprint density at radius 3 is 2.05 bits per heavy atom. The van der Waals surface area contributed by atoms with Gasteiger partial charge in [0.15, 0.2) is 9.84 Å². The maximum atomic E-state index is 12.0. The van der Waals surface area contributed by atoms with Crippen molar-refractivity contribution in [1.29, 1.82) is 0 Å². The molecular formula is C13H17NO5S. The Balaban J connectivity index is 2.90. The highest BCUT2D eigenvalue weighted by Crippen LogP contribution is 2.19. The first-order valence-corrected chi connectivity index (χ1v) is 7.68. The van der Waals surface area contributed by atoms with Crippen LogP contribution in [0.4, 0.5) is 5.69 Å². The third kappa shape index (κ3) is 3.36. The predicted molar refractivity (Wildman–Crippen MR) is 75.3 cm³/mol. The first-order chi connectivity index (χ1) is 9.09. The van der Waals surface area contributed by atoms with Crippen molar-refractivity contribution in [1.82, 2.24) is 0 Å². The van der Waals surface area contributed by atoms with Gasteiger partial charge in [-0.15, -0.1) is 0 Å². The van der Waals surface area contributed by atoms with Crippen LogP contribution in [0.1, 0.15) is 24.2 Å². The SMILES string of the molecule is COC(=O)c1ccc(NC(=O)C(C)(C)S(C)(=O)=O)cc1. The van der Waals surface area contributed by atoms with Gasteiger partial charge in [0.2, 0.25) is 5.91 Å². The Morgan fingerprint density at radius 1 is 1.15 bits per heavy atom. The maximum absolute atomic E-state index is 12.0. The number of rotatable bonds is 4. The molecule has 0 saturated heterocycles. The molecule has 1 amide bonds. The molecule has 1 N–H and O–H groups in total. The number of methoxy groups -OCH3 is 1. The summed E-state index contributed by atoms with van der Waals surface area (Å²) in [6.45, 7) is 2.67. The maximum Gasteiger partial charge on any atom is 0.337 e. The van der Waals surface area contributed by atoms with Crippen LogP contribution in [-0.4, -0.2) is 38.4 Å². The smallest absolute Gasteiger partial charge is 0.337 e. The fourth-order valence-corrected chi connectivity index (χ4v) is 1.65. The van der Waals surface area contributed by atoms with E-state index in [1.54, 1.807) is 0 Å². The monoisotopic (exact) mass is 299 g/mol. The Bertz CT molecular complexity index is 617. The molecule has 0 aliphatic rings. The lowest BCUT2D eigenvalue weighted by Gasteiger charge is -2.21. The summed E-state index contributed by atoms with van der Waals surface area (Å²) in [6, 6.07) is 5.97. The molecule has 0 heterocycles. The lowest BCUT2D eigenvalue weighted by molar-refractivity contribution is -0.117. The molecule has 0 fully saturated rings. The van der Waals surface area contributed by atoms with E-state index in [1.807, 2.05) is 0 Å². The molecule has 0 aliphatic heterocycles. The molecule has 7 heteroatoms. The van der Waals surface area contributed by atoms with Gasteiger partial charge in [-0.25, -0.2) is 13.2 Å². The van der Waals surface area contributed by atoms with Crippen molar-refractivity contribution in [2.45, 2.75) is 18.6 Å². The van der Waals surface area contributed by atoms with E-state index in [2.05, 4.69) is 10.1 Å². The van der Waals surface area contributed by atoms with Gasteiger partial charge in [-0.05, 0) is 38.1 Å². The van der Waals surface area contributed by atoms with Crippen LogP contribution >= 0.6 is 0 Å². The second-order valence-corrected chi connectivity index (χ2v) is 7.37. The number of sulfone groups is 1. The number of esters is 1. The van der Waals surface area contributed by atoms with E-state index in [4.69, 9.17) is 0 Å². The number of benzene rings is 1. The van der Waals surface area contributed by atoms with Crippen LogP contribution in [0.15, 0.2) is 24.3 Å². The summed E-state index contributed by atoms with van der Waals surface area (Å²) < 4.78 is 26.1. The van der Waals surface area contributed by atoms with Crippen LogP contribution in [0, 0.1) is 0 Å². The van der Waals surface area contributed by atoms with Crippen molar-refractivity contribution in [2.75, 3.05) is 18.7 Å². The topological polar surface area (TPSA) is 89.5 Å². The molecule has 1 aromatic carbocycles. The summed E-state index contributed by atoms with van der Waals surface area (Å²) in [6.07, 6.45) is 1.01. The van der Waals surface area contributed by atoms with Gasteiger partial charge in [-0.1, -0.05) is 0 Å². The van der Waals surface area contributed by atoms with Crippen molar-refractivity contribution in [3.63, 3.8) is 0 Å². The number of amides is 1. The van der Waals surface area contributed by atoms with Gasteiger partial charge in [0.1, 0.15) is 4.75 Å². The summed E-state index contributed by atoms with van der Waals surface area (Å²) in [5.41, 5.74) is 0.743. The number of carbonyl (C=O) groups is 2. The molecular weight excluding hydrogens is 282 g/mol. The van der Waals surface area contributed by atoms with Crippen LogP contribution in [0.25, 0.3) is 0 Å². The summed E-state index contributed by atoms with van der Waals surface area (Å²) in [7, 11) is -2.26. The molecule has 1 aromatic rings. The molecule has 0 bridgehead atoms. The number of hydrogen-bond donors (Lipinski definition) is 1. The highest BCUT2D eigenvalue weighted by Gasteiger charge is 2.38. The zero-order valence-electron chi connectivity index (χ0n) is 11.8. The Labute approximate surface area is 118 Å². The summed E-state index contributed by atoms with van der Waals surface area (Å²) >= 11 is 0. The minimum atomic E-state index is -3.53. The molecule has 1 rings (SSSR count). The van der Waals surface area contributed by atoms with Gasteiger partial charge >= 0.3 is 5.97 Å². The lowest BCUT2D eigenvalue weighted by atomic mass is 10.1. The van der Waals surface area contributed by atoms with Gasteiger partial charge in [0.05, 0.1) is 12.7 Å². The van der Waals surface area contributed by atoms with Gasteiger partial charge in [0, 0.05) is 11.9 Å². The van der Waals surface area contributed by atoms with Gasteiger partial charge < -0.3 is 10.1 Å². The Kier molecular flexibility index (Phi) is 4.54. The Hall–Kier alpha value is -1.89. The normalized spacial score (nSPS) is 11.8. The Morgan fingerprint density at radius 2 is 1.65 bits per heavy atom. The number of anilines is 1. The quantitative estimate of drug-likeness (QED) is 0.845. The lowest BCUT2D eigenvalue weighted by Crippen LogP contribution is -2.43. The second kappa shape index (κ2) is 5.62. The van der Waals surface area contributed by atoms with Gasteiger partial charge in [-0.3, -0.25) is 4.79 Å². The number of nitrogens with one attached hydrogen (secondary N) is 1. The third-order valence-corrected chi connectivity index (χ3v) is 5.08. The highest BCUT2D eigenvalue weighted by atomic mass is 32.2. The van der Waals surface area contributed by atoms with Crippen molar-refractivity contribution in [3.05, 3.63) is 29.8 Å². The minimum Gasteiger partial charge on any atom is -0.465 e. The summed E-state index contributed by atoms with van der Waals surface area (Å²) in [5, 5.41) is 2.50. The standard InChI is InChI=1S/C13H17NO5S/c1-13(2,20(4,17)18)12(16)14-10-7-5-9(6-8-10)11(15)19-3/h5-8H,1-4H3,(H,14,16). The van der Waals surface area contributed by atoms with E-state index in [0.717, 1.165) is 6.26 Å². The number of ether oxygens (including phenoxy) is 1. The molecule has 0 aliphatic carbocycles. The van der Waals surface area contributed by atoms with Crippen LogP contribution < -0.4 is 5.32 Å². The van der Waals surface area contributed by atoms with E-state index in [0.29, 0.717) is 11.3 Å². The van der Waals surface area contributed by atoms with Crippen LogP contribution in [0.5, 0.6) is 0 Å². The predicted octanol–water partition coefficient (Wildman–Crippen LogP) is 1.23. The summed E-state index contributed by atoms with van der Waals surface area (Å²) in [5.74, 6) is -1.12. The van der Waals surface area contributed by atoms with Crippen molar-refractivity contribution in [2.24, 2.45) is 0 Å². The molecule has 0 unspecified atom stereocenters. The van der Waals surface area contributed by atoms with E-state index in [1.165, 1.54) is 45.2 Å². The molecule has 0 aromatic heterocycles. The first-order valence-electron chi connectivity index (χ1n) is 5.79. The zero-order valence-corrected chi connectivity index (χ0v) is 12.6. The average molecular weight is 299 g/mol. The number of hydrogen-bond acceptors (Lipinski definition) is 5. The van der Waals surface area contributed by atoms with E-state index in [9.17, 15) is 18.0 Å². The third-order valence-electron chi connectivity index (χ3n) is 3.04. The fourth-order valence-electron chi connectivity index (χ4n) is 1.26. The van der Waals surface area contributed by atoms with Crippen molar-refractivity contribution in [3.8, 4) is 0 Å². The van der Waals surface area contributed by atoms with E-state index >= 15 is 0 Å². The van der Waals surface area contributed by atoms with Crippen LogP contribution in [-0.2, 0) is 19.4 Å². The second-order valence-electron chi connectivity index (χ2n) is 4.81. The number of carbonyl (C=O) groups excluding carboxylic acids is 2. The minimum absolute atomic E-state index is 0.341. The average Bonchev–Trinajstić information content (AvgIpc) is 2.37. The van der Waals surface area contributed by atoms with E-state index < -0.39 is 26.5 Å². The zero-order chi connectivity index (χ0) is 15.6. The molecule has 6 nitrogen and oxygen atoms in total. The highest BCUT2D eigenvalue weighted by molar-refractivity contribution is 7.92. The van der Waals surface area contributed by atoms with Crippen LogP contribution in [0.3, 0.4) is 0 Å². The molecule has 110 valence electrons. The first kappa shape index (κ1) is 16.2. The summed E-state index contributed by atoms with van der Waals surface area (Å²) in [4.78, 5) is 23.2. The fraction of sp³-hybridized carbons (Fsp3) is 0.385. The van der Waals surface area contributed by atoms with Crippen LogP contribution in [0.2, 0.25) is 0 Å². The molecule has 0 atom stereocenters. The van der Waals surface area contributed by atoms with Gasteiger partial charge in [-0.2, -0.15) is 0 Å². The largest absolute Gasteiger partial charge is 0.465 e. The van der Waals surface area contributed by atoms with Gasteiger partial charge in [0.25, 0.3) is 0 Å².